The molecule has 1 aromatic carbocycles. The van der Waals surface area contributed by atoms with Gasteiger partial charge in [0.2, 0.25) is 0 Å². The first-order chi connectivity index (χ1) is 9.86. The number of amides is 1. The van der Waals surface area contributed by atoms with Gasteiger partial charge in [0.05, 0.1) is 0 Å². The zero-order valence-corrected chi connectivity index (χ0v) is 13.1. The minimum atomic E-state index is -1.02. The number of hydrogen-bond donors (Lipinski definition) is 4. The smallest absolute Gasteiger partial charge is 0.404 e. The number of rotatable bonds is 8. The van der Waals surface area contributed by atoms with Crippen molar-refractivity contribution in [2.75, 3.05) is 19.6 Å². The number of aromatic hydroxyl groups is 2. The summed E-state index contributed by atoms with van der Waals surface area (Å²) in [6.07, 6.45) is -0.326. The highest BCUT2D eigenvalue weighted by Crippen LogP contribution is 2.30. The van der Waals surface area contributed by atoms with E-state index in [4.69, 9.17) is 5.11 Å². The molecule has 21 heavy (non-hydrogen) atoms. The molecule has 4 N–H and O–H groups in total. The third-order valence-electron chi connectivity index (χ3n) is 2.54. The first-order valence-corrected chi connectivity index (χ1v) is 7.57. The molecule has 0 aromatic heterocycles. The van der Waals surface area contributed by atoms with E-state index in [1.807, 2.05) is 0 Å². The van der Waals surface area contributed by atoms with E-state index in [1.54, 1.807) is 12.1 Å². The predicted octanol–water partition coefficient (Wildman–Crippen LogP) is 2.72. The zero-order valence-electron chi connectivity index (χ0n) is 12.2. The maximum absolute atomic E-state index is 10.4. The lowest BCUT2D eigenvalue weighted by Gasteiger charge is -2.23. The van der Waals surface area contributed by atoms with Crippen LogP contribution in [0.25, 0.3) is 0 Å². The lowest BCUT2D eigenvalue weighted by molar-refractivity contribution is 0.194. The van der Waals surface area contributed by atoms with Crippen LogP contribution >= 0.6 is 11.9 Å². The van der Waals surface area contributed by atoms with Crippen LogP contribution in [0.1, 0.15) is 20.3 Å². The lowest BCUT2D eigenvalue weighted by atomic mass is 10.2. The second-order valence-corrected chi connectivity index (χ2v) is 6.31. The molecule has 7 heteroatoms. The van der Waals surface area contributed by atoms with Gasteiger partial charge in [-0.3, -0.25) is 0 Å². The van der Waals surface area contributed by atoms with Gasteiger partial charge >= 0.3 is 6.09 Å². The maximum atomic E-state index is 10.4. The fourth-order valence-electron chi connectivity index (χ4n) is 1.80. The Hall–Kier alpha value is -1.60. The lowest BCUT2D eigenvalue weighted by Crippen LogP contribution is -2.27. The highest BCUT2D eigenvalue weighted by molar-refractivity contribution is 7.97. The molecule has 0 atom stereocenters. The van der Waals surface area contributed by atoms with Crippen molar-refractivity contribution < 1.29 is 20.1 Å². The van der Waals surface area contributed by atoms with Crippen molar-refractivity contribution in [2.24, 2.45) is 5.92 Å². The average Bonchev–Trinajstić information content (AvgIpc) is 2.32. The summed E-state index contributed by atoms with van der Waals surface area (Å²) in [6, 6.07) is 4.47. The van der Waals surface area contributed by atoms with E-state index in [9.17, 15) is 15.0 Å². The quantitative estimate of drug-likeness (QED) is 0.435. The number of nitrogens with zero attached hydrogens (tertiary/aromatic N) is 1. The molecule has 0 aliphatic rings. The SMILES string of the molecule is CC(C)CN(CCCNC(=O)O)Sc1cc(O)cc(O)c1. The first kappa shape index (κ1) is 17.5. The van der Waals surface area contributed by atoms with Gasteiger partial charge in [0.1, 0.15) is 11.5 Å². The number of phenols is 2. The van der Waals surface area contributed by atoms with Gasteiger partial charge in [0.25, 0.3) is 0 Å². The van der Waals surface area contributed by atoms with Crippen molar-refractivity contribution in [3.8, 4) is 11.5 Å². The Balaban J connectivity index is 2.58. The molecule has 0 radical (unpaired) electrons. The Morgan fingerprint density at radius 3 is 2.43 bits per heavy atom. The fraction of sp³-hybridized carbons (Fsp3) is 0.500. The number of hydrogen-bond acceptors (Lipinski definition) is 5. The fourth-order valence-corrected chi connectivity index (χ4v) is 3.04. The van der Waals surface area contributed by atoms with E-state index in [0.717, 1.165) is 11.4 Å². The van der Waals surface area contributed by atoms with Crippen LogP contribution in [0.5, 0.6) is 11.5 Å². The molecule has 1 amide bonds. The molecular weight excluding hydrogens is 292 g/mol. The summed E-state index contributed by atoms with van der Waals surface area (Å²) in [4.78, 5) is 11.2. The molecule has 0 aliphatic carbocycles. The molecule has 118 valence electrons. The average molecular weight is 314 g/mol. The molecule has 1 aromatic rings. The van der Waals surface area contributed by atoms with Gasteiger partial charge in [-0.1, -0.05) is 13.8 Å². The minimum absolute atomic E-state index is 0.0227. The molecule has 6 nitrogen and oxygen atoms in total. The largest absolute Gasteiger partial charge is 0.508 e. The Labute approximate surface area is 128 Å². The first-order valence-electron chi connectivity index (χ1n) is 6.79. The Bertz CT molecular complexity index is 448. The number of carbonyl (C=O) groups is 1. The van der Waals surface area contributed by atoms with E-state index >= 15 is 0 Å². The van der Waals surface area contributed by atoms with Crippen LogP contribution in [0.2, 0.25) is 0 Å². The van der Waals surface area contributed by atoms with Gasteiger partial charge in [0, 0.05) is 30.6 Å². The molecule has 0 saturated carbocycles. The maximum Gasteiger partial charge on any atom is 0.404 e. The summed E-state index contributed by atoms with van der Waals surface area (Å²) in [6.45, 7) is 6.13. The Morgan fingerprint density at radius 1 is 1.29 bits per heavy atom. The Morgan fingerprint density at radius 2 is 1.90 bits per heavy atom. The van der Waals surface area contributed by atoms with E-state index in [2.05, 4.69) is 23.5 Å². The van der Waals surface area contributed by atoms with E-state index in [1.165, 1.54) is 18.0 Å². The number of phenolic OH excluding ortho intramolecular Hbond substituents is 2. The topological polar surface area (TPSA) is 93.0 Å². The molecule has 0 heterocycles. The molecule has 0 spiro atoms. The van der Waals surface area contributed by atoms with Gasteiger partial charge < -0.3 is 20.6 Å². The number of nitrogens with one attached hydrogen (secondary N) is 1. The van der Waals surface area contributed by atoms with E-state index in [-0.39, 0.29) is 11.5 Å². The van der Waals surface area contributed by atoms with Crippen LogP contribution in [-0.2, 0) is 0 Å². The standard InChI is InChI=1S/C14H22N2O4S/c1-10(2)9-16(5-3-4-15-14(19)20)21-13-7-11(17)6-12(18)8-13/h6-8,10,15,17-18H,3-5,9H2,1-2H3,(H,19,20). The minimum Gasteiger partial charge on any atom is -0.508 e. The highest BCUT2D eigenvalue weighted by Gasteiger charge is 2.11. The molecule has 0 fully saturated rings. The predicted molar refractivity (Wildman–Crippen MR) is 82.7 cm³/mol. The number of benzene rings is 1. The summed E-state index contributed by atoms with van der Waals surface area (Å²) < 4.78 is 2.10. The third kappa shape index (κ3) is 7.67. The molecule has 0 unspecified atom stereocenters. The van der Waals surface area contributed by atoms with Crippen LogP contribution in [0, 0.1) is 5.92 Å². The van der Waals surface area contributed by atoms with Gasteiger partial charge in [0.15, 0.2) is 0 Å². The second kappa shape index (κ2) is 8.63. The van der Waals surface area contributed by atoms with Gasteiger partial charge in [-0.15, -0.1) is 0 Å². The third-order valence-corrected chi connectivity index (χ3v) is 3.58. The number of carboxylic acid groups (broad SMARTS) is 1. The Kier molecular flexibility index (Phi) is 7.18. The summed E-state index contributed by atoms with van der Waals surface area (Å²) in [5.41, 5.74) is 0. The van der Waals surface area contributed by atoms with Crippen LogP contribution < -0.4 is 5.32 Å². The summed E-state index contributed by atoms with van der Waals surface area (Å²) >= 11 is 1.44. The van der Waals surface area contributed by atoms with Crippen molar-refractivity contribution in [2.45, 2.75) is 25.2 Å². The summed E-state index contributed by atoms with van der Waals surface area (Å²) in [7, 11) is 0. The second-order valence-electron chi connectivity index (χ2n) is 5.14. The molecule has 0 saturated heterocycles. The zero-order chi connectivity index (χ0) is 15.8. The van der Waals surface area contributed by atoms with Crippen LogP contribution in [0.15, 0.2) is 23.1 Å². The van der Waals surface area contributed by atoms with Crippen molar-refractivity contribution in [3.63, 3.8) is 0 Å². The van der Waals surface area contributed by atoms with Gasteiger partial charge in [-0.2, -0.15) is 0 Å². The monoisotopic (exact) mass is 314 g/mol. The van der Waals surface area contributed by atoms with Gasteiger partial charge in [-0.05, 0) is 36.4 Å². The molecule has 0 aliphatic heterocycles. The van der Waals surface area contributed by atoms with Gasteiger partial charge in [-0.25, -0.2) is 9.10 Å². The van der Waals surface area contributed by atoms with E-state index < -0.39 is 6.09 Å². The normalized spacial score (nSPS) is 11.0. The van der Waals surface area contributed by atoms with Crippen molar-refractivity contribution in [1.29, 1.82) is 0 Å². The van der Waals surface area contributed by atoms with Crippen molar-refractivity contribution in [3.05, 3.63) is 18.2 Å². The summed E-state index contributed by atoms with van der Waals surface area (Å²) in [5, 5.41) is 29.9. The van der Waals surface area contributed by atoms with Crippen molar-refractivity contribution >= 4 is 18.0 Å². The summed E-state index contributed by atoms with van der Waals surface area (Å²) in [5.74, 6) is 0.500. The molecular formula is C14H22N2O4S. The molecule has 0 bridgehead atoms. The van der Waals surface area contributed by atoms with Crippen LogP contribution in [0.4, 0.5) is 4.79 Å². The van der Waals surface area contributed by atoms with Crippen LogP contribution in [-0.4, -0.2) is 45.4 Å². The molecule has 1 rings (SSSR count). The highest BCUT2D eigenvalue weighted by atomic mass is 32.2. The van der Waals surface area contributed by atoms with Crippen molar-refractivity contribution in [1.82, 2.24) is 9.62 Å². The van der Waals surface area contributed by atoms with E-state index in [0.29, 0.717) is 25.4 Å². The van der Waals surface area contributed by atoms with Crippen LogP contribution in [0.3, 0.4) is 0 Å².